The number of halogens is 2. The highest BCUT2D eigenvalue weighted by molar-refractivity contribution is 9.10. The molecule has 1 aliphatic heterocycles. The van der Waals surface area contributed by atoms with E-state index in [0.29, 0.717) is 30.8 Å². The molecule has 0 aliphatic carbocycles. The van der Waals surface area contributed by atoms with E-state index >= 15 is 0 Å². The molecular weight excluding hydrogens is 376 g/mol. The molecule has 0 radical (unpaired) electrons. The first-order chi connectivity index (χ1) is 10.1. The third kappa shape index (κ3) is 3.39. The lowest BCUT2D eigenvalue weighted by atomic mass is 10.4. The summed E-state index contributed by atoms with van der Waals surface area (Å²) in [4.78, 5) is 11.1. The van der Waals surface area contributed by atoms with E-state index in [0.717, 1.165) is 17.6 Å². The van der Waals surface area contributed by atoms with Crippen molar-refractivity contribution < 1.29 is 18.6 Å². The number of fused-ring (bicyclic) bond motifs is 1. The number of hydrogen-bond acceptors (Lipinski definition) is 7. The number of rotatable bonds is 4. The third-order valence-corrected chi connectivity index (χ3v) is 3.60. The Balaban J connectivity index is 0.00000132. The largest absolute Gasteiger partial charge is 1.00 e. The number of anilines is 2. The van der Waals surface area contributed by atoms with Crippen molar-refractivity contribution in [2.75, 3.05) is 43.1 Å². The topological polar surface area (TPSA) is 117 Å². The van der Waals surface area contributed by atoms with Crippen LogP contribution in [-0.2, 0) is 4.74 Å². The van der Waals surface area contributed by atoms with Crippen LogP contribution in [0, 0.1) is 5.41 Å². The zero-order valence-corrected chi connectivity index (χ0v) is 13.9. The smallest absolute Gasteiger partial charge is 1.00 e. The molecule has 1 saturated heterocycles. The van der Waals surface area contributed by atoms with Crippen LogP contribution in [0.5, 0.6) is 0 Å². The van der Waals surface area contributed by atoms with E-state index in [1.54, 1.807) is 10.7 Å². The molecule has 11 heteroatoms. The molecule has 0 saturated carbocycles. The van der Waals surface area contributed by atoms with E-state index in [4.69, 9.17) is 15.9 Å². The molecule has 0 atom stereocenters. The van der Waals surface area contributed by atoms with Crippen molar-refractivity contribution >= 4 is 39.3 Å². The lowest BCUT2D eigenvalue weighted by Crippen LogP contribution is -3.00. The van der Waals surface area contributed by atoms with Gasteiger partial charge >= 0.3 is 1.43 Å². The number of ether oxygens (including phenoxy) is 1. The Morgan fingerprint density at radius 1 is 1.45 bits per heavy atom. The molecule has 3 heterocycles. The van der Waals surface area contributed by atoms with E-state index in [-0.39, 0.29) is 26.2 Å². The SMILES string of the molecule is N=C(N)CNc1nc(N2CCOCC2)nc2c(Br)cnn12.[Cl-].[H+]. The molecule has 0 aromatic carbocycles. The Kier molecular flexibility index (Phi) is 5.37. The zero-order valence-electron chi connectivity index (χ0n) is 12.6. The van der Waals surface area contributed by atoms with Crippen LogP contribution < -0.4 is 28.4 Å². The summed E-state index contributed by atoms with van der Waals surface area (Å²) in [5, 5.41) is 14.5. The van der Waals surface area contributed by atoms with Crippen LogP contribution in [0.3, 0.4) is 0 Å². The van der Waals surface area contributed by atoms with E-state index < -0.39 is 0 Å². The molecule has 0 bridgehead atoms. The average Bonchev–Trinajstić information content (AvgIpc) is 2.87. The van der Waals surface area contributed by atoms with Gasteiger partial charge in [0.15, 0.2) is 5.65 Å². The van der Waals surface area contributed by atoms with Crippen LogP contribution in [-0.4, -0.2) is 58.3 Å². The predicted molar refractivity (Wildman–Crippen MR) is 83.0 cm³/mol. The minimum Gasteiger partial charge on any atom is -1.00 e. The van der Waals surface area contributed by atoms with Crippen molar-refractivity contribution in [2.45, 2.75) is 0 Å². The van der Waals surface area contributed by atoms with Crippen LogP contribution in [0.4, 0.5) is 11.9 Å². The highest BCUT2D eigenvalue weighted by Gasteiger charge is 2.18. The van der Waals surface area contributed by atoms with Gasteiger partial charge in [0.2, 0.25) is 11.9 Å². The van der Waals surface area contributed by atoms with Crippen LogP contribution in [0.2, 0.25) is 0 Å². The van der Waals surface area contributed by atoms with Gasteiger partial charge in [-0.25, -0.2) is 0 Å². The van der Waals surface area contributed by atoms with Gasteiger partial charge in [0.1, 0.15) is 5.84 Å². The Bertz CT molecular complexity index is 677. The van der Waals surface area contributed by atoms with E-state index in [9.17, 15) is 0 Å². The number of nitrogens with two attached hydrogens (primary N) is 1. The molecule has 0 unspecified atom stereocenters. The zero-order chi connectivity index (χ0) is 14.8. The Labute approximate surface area is 142 Å². The molecule has 2 aromatic rings. The van der Waals surface area contributed by atoms with Crippen LogP contribution in [0.15, 0.2) is 10.7 Å². The van der Waals surface area contributed by atoms with Crippen molar-refractivity contribution in [3.63, 3.8) is 0 Å². The normalized spacial score (nSPS) is 14.7. The molecule has 4 N–H and O–H groups in total. The molecular formula is C11H16BrClN8O. The molecule has 0 amide bonds. The predicted octanol–water partition coefficient (Wildman–Crippen LogP) is -2.81. The minimum atomic E-state index is 0. The number of amidine groups is 1. The second-order valence-electron chi connectivity index (χ2n) is 4.55. The van der Waals surface area contributed by atoms with Crippen molar-refractivity contribution in [2.24, 2.45) is 5.73 Å². The summed E-state index contributed by atoms with van der Waals surface area (Å²) in [5.41, 5.74) is 6.05. The van der Waals surface area contributed by atoms with Gasteiger partial charge in [-0.1, -0.05) is 0 Å². The molecule has 22 heavy (non-hydrogen) atoms. The van der Waals surface area contributed by atoms with Gasteiger partial charge in [-0.05, 0) is 15.9 Å². The summed E-state index contributed by atoms with van der Waals surface area (Å²) >= 11 is 3.43. The van der Waals surface area contributed by atoms with Gasteiger partial charge < -0.3 is 33.1 Å². The third-order valence-electron chi connectivity index (χ3n) is 3.04. The number of morpholine rings is 1. The monoisotopic (exact) mass is 390 g/mol. The summed E-state index contributed by atoms with van der Waals surface area (Å²) in [7, 11) is 0. The Morgan fingerprint density at radius 3 is 2.86 bits per heavy atom. The fourth-order valence-corrected chi connectivity index (χ4v) is 2.38. The lowest BCUT2D eigenvalue weighted by Gasteiger charge is -2.27. The Hall–Kier alpha value is -1.65. The standard InChI is InChI=1S/C11H15BrN8O.ClH/c12-7-5-16-20-9(7)17-11(19-1-3-21-4-2-19)18-10(20)15-6-8(13)14;/h5H,1-4,6H2,(H3,13,14)(H,15,17,18);1H. The maximum absolute atomic E-state index is 7.31. The lowest BCUT2D eigenvalue weighted by molar-refractivity contribution is -0.00000553. The molecule has 3 rings (SSSR count). The summed E-state index contributed by atoms with van der Waals surface area (Å²) < 4.78 is 7.71. The van der Waals surface area contributed by atoms with Gasteiger partial charge in [-0.2, -0.15) is 19.6 Å². The fraction of sp³-hybridized carbons (Fsp3) is 0.455. The molecule has 120 valence electrons. The van der Waals surface area contributed by atoms with Crippen LogP contribution in [0.25, 0.3) is 5.65 Å². The molecule has 2 aromatic heterocycles. The first-order valence-electron chi connectivity index (χ1n) is 6.46. The number of hydrogen-bond donors (Lipinski definition) is 3. The van der Waals surface area contributed by atoms with Gasteiger partial charge in [0.05, 0.1) is 30.4 Å². The van der Waals surface area contributed by atoms with Gasteiger partial charge in [0, 0.05) is 13.1 Å². The van der Waals surface area contributed by atoms with Crippen LogP contribution >= 0.6 is 15.9 Å². The maximum atomic E-state index is 7.31. The average molecular weight is 392 g/mol. The highest BCUT2D eigenvalue weighted by atomic mass is 79.9. The summed E-state index contributed by atoms with van der Waals surface area (Å²) in [6, 6.07) is 0. The first-order valence-corrected chi connectivity index (χ1v) is 7.25. The summed E-state index contributed by atoms with van der Waals surface area (Å²) in [6.07, 6.45) is 1.66. The minimum absolute atomic E-state index is 0. The summed E-state index contributed by atoms with van der Waals surface area (Å²) in [5.74, 6) is 1.14. The van der Waals surface area contributed by atoms with Crippen molar-refractivity contribution in [1.82, 2.24) is 19.6 Å². The number of nitrogens with zero attached hydrogens (tertiary/aromatic N) is 5. The van der Waals surface area contributed by atoms with E-state index in [1.165, 1.54) is 0 Å². The Morgan fingerprint density at radius 2 is 2.18 bits per heavy atom. The van der Waals surface area contributed by atoms with Gasteiger partial charge in [0.25, 0.3) is 0 Å². The maximum Gasteiger partial charge on any atom is 1.00 e. The van der Waals surface area contributed by atoms with Crippen molar-refractivity contribution in [3.8, 4) is 0 Å². The number of nitrogens with one attached hydrogen (secondary N) is 2. The quantitative estimate of drug-likeness (QED) is 0.380. The van der Waals surface area contributed by atoms with Crippen molar-refractivity contribution in [3.05, 3.63) is 10.7 Å². The van der Waals surface area contributed by atoms with E-state index in [2.05, 4.69) is 41.2 Å². The molecule has 1 fully saturated rings. The van der Waals surface area contributed by atoms with Crippen LogP contribution in [0.1, 0.15) is 1.43 Å². The van der Waals surface area contributed by atoms with Crippen molar-refractivity contribution in [1.29, 1.82) is 5.41 Å². The van der Waals surface area contributed by atoms with Gasteiger partial charge in [-0.15, -0.1) is 0 Å². The number of aromatic nitrogens is 4. The van der Waals surface area contributed by atoms with Gasteiger partial charge in [-0.3, -0.25) is 5.41 Å². The molecule has 0 spiro atoms. The second-order valence-corrected chi connectivity index (χ2v) is 5.41. The highest BCUT2D eigenvalue weighted by Crippen LogP contribution is 2.21. The fourth-order valence-electron chi connectivity index (χ4n) is 2.03. The second kappa shape index (κ2) is 7.07. The van der Waals surface area contributed by atoms with E-state index in [1.807, 2.05) is 0 Å². The summed E-state index contributed by atoms with van der Waals surface area (Å²) in [6.45, 7) is 3.00. The molecule has 1 aliphatic rings. The first kappa shape index (κ1) is 16.7. The molecule has 9 nitrogen and oxygen atoms in total.